The molecular formula is C10H16BrN3O. The van der Waals surface area contributed by atoms with E-state index in [2.05, 4.69) is 44.6 Å². The van der Waals surface area contributed by atoms with E-state index in [4.69, 9.17) is 4.74 Å². The highest BCUT2D eigenvalue weighted by atomic mass is 79.9. The summed E-state index contributed by atoms with van der Waals surface area (Å²) in [7, 11) is 1.60. The van der Waals surface area contributed by atoms with Crippen LogP contribution in [0.15, 0.2) is 10.7 Å². The quantitative estimate of drug-likeness (QED) is 0.826. The Morgan fingerprint density at radius 3 is 2.73 bits per heavy atom. The summed E-state index contributed by atoms with van der Waals surface area (Å²) in [6.45, 7) is 6.09. The number of ether oxygens (including phenoxy) is 1. The molecule has 0 amide bonds. The molecule has 0 spiro atoms. The first-order valence-corrected chi connectivity index (χ1v) is 5.83. The molecule has 0 radical (unpaired) electrons. The van der Waals surface area contributed by atoms with E-state index in [1.165, 1.54) is 0 Å². The van der Waals surface area contributed by atoms with Crippen molar-refractivity contribution in [3.63, 3.8) is 0 Å². The highest BCUT2D eigenvalue weighted by Gasteiger charge is 2.09. The van der Waals surface area contributed by atoms with E-state index in [0.717, 1.165) is 29.9 Å². The number of anilines is 1. The molecule has 1 heterocycles. The van der Waals surface area contributed by atoms with Crippen LogP contribution in [0.1, 0.15) is 20.3 Å². The van der Waals surface area contributed by atoms with Gasteiger partial charge in [-0.1, -0.05) is 6.92 Å². The second-order valence-corrected chi connectivity index (χ2v) is 3.96. The molecule has 1 aromatic heterocycles. The third-order valence-corrected chi connectivity index (χ3v) is 2.59. The lowest BCUT2D eigenvalue weighted by Gasteiger charge is -2.20. The van der Waals surface area contributed by atoms with Crippen LogP contribution in [0.25, 0.3) is 0 Å². The minimum Gasteiger partial charge on any atom is -0.480 e. The van der Waals surface area contributed by atoms with Gasteiger partial charge in [0.2, 0.25) is 11.8 Å². The minimum atomic E-state index is 0.578. The first-order chi connectivity index (χ1) is 7.22. The van der Waals surface area contributed by atoms with Gasteiger partial charge in [0.1, 0.15) is 0 Å². The SMILES string of the molecule is CCCN(CC)c1ncc(Br)c(OC)n1. The molecule has 4 nitrogen and oxygen atoms in total. The lowest BCUT2D eigenvalue weighted by Crippen LogP contribution is -2.25. The first-order valence-electron chi connectivity index (χ1n) is 5.04. The Morgan fingerprint density at radius 2 is 2.20 bits per heavy atom. The fourth-order valence-corrected chi connectivity index (χ4v) is 1.66. The molecule has 0 N–H and O–H groups in total. The monoisotopic (exact) mass is 273 g/mol. The number of rotatable bonds is 5. The second kappa shape index (κ2) is 5.90. The zero-order chi connectivity index (χ0) is 11.3. The number of aromatic nitrogens is 2. The highest BCUT2D eigenvalue weighted by Crippen LogP contribution is 2.23. The normalized spacial score (nSPS) is 10.1. The van der Waals surface area contributed by atoms with E-state index in [9.17, 15) is 0 Å². The van der Waals surface area contributed by atoms with Crippen LogP contribution < -0.4 is 9.64 Å². The molecular weight excluding hydrogens is 258 g/mol. The van der Waals surface area contributed by atoms with Crippen molar-refractivity contribution in [2.75, 3.05) is 25.1 Å². The molecule has 0 fully saturated rings. The molecule has 0 saturated heterocycles. The molecule has 1 rings (SSSR count). The van der Waals surface area contributed by atoms with Crippen LogP contribution in [0.2, 0.25) is 0 Å². The van der Waals surface area contributed by atoms with Gasteiger partial charge in [0.05, 0.1) is 17.8 Å². The Hall–Kier alpha value is -0.840. The molecule has 15 heavy (non-hydrogen) atoms. The summed E-state index contributed by atoms with van der Waals surface area (Å²) in [5.74, 6) is 1.30. The van der Waals surface area contributed by atoms with E-state index in [-0.39, 0.29) is 0 Å². The van der Waals surface area contributed by atoms with E-state index in [1.54, 1.807) is 13.3 Å². The fourth-order valence-electron chi connectivity index (χ4n) is 1.31. The van der Waals surface area contributed by atoms with E-state index in [1.807, 2.05) is 0 Å². The standard InChI is InChI=1S/C10H16BrN3O/c1-4-6-14(5-2)10-12-7-8(11)9(13-10)15-3/h7H,4-6H2,1-3H3. The summed E-state index contributed by atoms with van der Waals surface area (Å²) in [6, 6.07) is 0. The predicted molar refractivity (Wildman–Crippen MR) is 64.5 cm³/mol. The number of halogens is 1. The summed E-state index contributed by atoms with van der Waals surface area (Å²) in [6.07, 6.45) is 2.80. The Bertz CT molecular complexity index is 320. The van der Waals surface area contributed by atoms with E-state index >= 15 is 0 Å². The summed E-state index contributed by atoms with van der Waals surface area (Å²) >= 11 is 3.33. The summed E-state index contributed by atoms with van der Waals surface area (Å²) in [5.41, 5.74) is 0. The Morgan fingerprint density at radius 1 is 1.47 bits per heavy atom. The molecule has 0 aliphatic rings. The van der Waals surface area contributed by atoms with Crippen LogP contribution in [0.4, 0.5) is 5.95 Å². The number of nitrogens with zero attached hydrogens (tertiary/aromatic N) is 3. The zero-order valence-electron chi connectivity index (χ0n) is 9.33. The molecule has 5 heteroatoms. The summed E-state index contributed by atoms with van der Waals surface area (Å²) in [5, 5.41) is 0. The molecule has 0 aliphatic carbocycles. The molecule has 0 aliphatic heterocycles. The Labute approximate surface area is 98.8 Å². The van der Waals surface area contributed by atoms with Crippen molar-refractivity contribution in [2.45, 2.75) is 20.3 Å². The van der Waals surface area contributed by atoms with E-state index in [0.29, 0.717) is 5.88 Å². The van der Waals surface area contributed by atoms with Gasteiger partial charge < -0.3 is 9.64 Å². The number of hydrogen-bond donors (Lipinski definition) is 0. The molecule has 0 atom stereocenters. The third kappa shape index (κ3) is 3.06. The van der Waals surface area contributed by atoms with Crippen molar-refractivity contribution >= 4 is 21.9 Å². The van der Waals surface area contributed by atoms with Crippen molar-refractivity contribution in [1.82, 2.24) is 9.97 Å². The van der Waals surface area contributed by atoms with Gasteiger partial charge in [-0.3, -0.25) is 0 Å². The molecule has 84 valence electrons. The van der Waals surface area contributed by atoms with Gasteiger partial charge in [0.15, 0.2) is 0 Å². The van der Waals surface area contributed by atoms with Gasteiger partial charge in [-0.25, -0.2) is 4.98 Å². The van der Waals surface area contributed by atoms with Crippen molar-refractivity contribution in [1.29, 1.82) is 0 Å². The van der Waals surface area contributed by atoms with Crippen LogP contribution in [0, 0.1) is 0 Å². The topological polar surface area (TPSA) is 38.2 Å². The van der Waals surface area contributed by atoms with Gasteiger partial charge >= 0.3 is 0 Å². The van der Waals surface area contributed by atoms with Crippen LogP contribution in [-0.2, 0) is 0 Å². The van der Waals surface area contributed by atoms with Crippen LogP contribution in [0.5, 0.6) is 5.88 Å². The van der Waals surface area contributed by atoms with Gasteiger partial charge in [-0.2, -0.15) is 4.98 Å². The van der Waals surface area contributed by atoms with Gasteiger partial charge in [0, 0.05) is 13.1 Å². The van der Waals surface area contributed by atoms with Crippen molar-refractivity contribution in [3.8, 4) is 5.88 Å². The smallest absolute Gasteiger partial charge is 0.232 e. The maximum absolute atomic E-state index is 5.13. The third-order valence-electron chi connectivity index (χ3n) is 2.05. The number of methoxy groups -OCH3 is 1. The number of hydrogen-bond acceptors (Lipinski definition) is 4. The van der Waals surface area contributed by atoms with Crippen molar-refractivity contribution in [3.05, 3.63) is 10.7 Å². The Balaban J connectivity index is 2.92. The molecule has 0 saturated carbocycles. The summed E-state index contributed by atoms with van der Waals surface area (Å²) < 4.78 is 5.91. The maximum Gasteiger partial charge on any atom is 0.232 e. The van der Waals surface area contributed by atoms with Gasteiger partial charge in [0.25, 0.3) is 0 Å². The van der Waals surface area contributed by atoms with Crippen LogP contribution in [0.3, 0.4) is 0 Å². The summed E-state index contributed by atoms with van der Waals surface area (Å²) in [4.78, 5) is 10.7. The van der Waals surface area contributed by atoms with Crippen LogP contribution in [-0.4, -0.2) is 30.2 Å². The second-order valence-electron chi connectivity index (χ2n) is 3.11. The maximum atomic E-state index is 5.13. The first kappa shape index (κ1) is 12.2. The van der Waals surface area contributed by atoms with Crippen molar-refractivity contribution < 1.29 is 4.74 Å². The fraction of sp³-hybridized carbons (Fsp3) is 0.600. The lowest BCUT2D eigenvalue weighted by molar-refractivity contribution is 0.393. The highest BCUT2D eigenvalue weighted by molar-refractivity contribution is 9.10. The molecule has 0 unspecified atom stereocenters. The average Bonchev–Trinajstić information content (AvgIpc) is 2.27. The Kier molecular flexibility index (Phi) is 4.81. The lowest BCUT2D eigenvalue weighted by atomic mass is 10.4. The minimum absolute atomic E-state index is 0.578. The van der Waals surface area contributed by atoms with Gasteiger partial charge in [-0.05, 0) is 29.3 Å². The predicted octanol–water partition coefficient (Wildman–Crippen LogP) is 2.48. The molecule has 0 bridgehead atoms. The molecule has 1 aromatic rings. The van der Waals surface area contributed by atoms with Crippen LogP contribution >= 0.6 is 15.9 Å². The van der Waals surface area contributed by atoms with Crippen molar-refractivity contribution in [2.24, 2.45) is 0 Å². The zero-order valence-corrected chi connectivity index (χ0v) is 10.9. The largest absolute Gasteiger partial charge is 0.480 e. The average molecular weight is 274 g/mol. The molecule has 0 aromatic carbocycles. The van der Waals surface area contributed by atoms with E-state index < -0.39 is 0 Å². The van der Waals surface area contributed by atoms with Gasteiger partial charge in [-0.15, -0.1) is 0 Å².